The molecule has 0 unspecified atom stereocenters. The highest BCUT2D eigenvalue weighted by Gasteiger charge is 2.51. The molecule has 4 atom stereocenters. The van der Waals surface area contributed by atoms with Gasteiger partial charge in [0.05, 0.1) is 0 Å². The summed E-state index contributed by atoms with van der Waals surface area (Å²) in [5, 5.41) is 0. The number of hydrogen-bond donors (Lipinski definition) is 0. The van der Waals surface area contributed by atoms with Crippen LogP contribution in [0.5, 0.6) is 0 Å². The molecule has 38 heavy (non-hydrogen) atoms. The van der Waals surface area contributed by atoms with Gasteiger partial charge in [0.2, 0.25) is 16.6 Å². The number of hydrogen-bond acceptors (Lipinski definition) is 8. The first-order valence-electron chi connectivity index (χ1n) is 13.6. The van der Waals surface area contributed by atoms with Crippen LogP contribution in [0.3, 0.4) is 0 Å². The van der Waals surface area contributed by atoms with Crippen LogP contribution in [0.15, 0.2) is 0 Å². The molecule has 0 aromatic rings. The van der Waals surface area contributed by atoms with E-state index in [4.69, 9.17) is 26.6 Å². The molecule has 0 aliphatic heterocycles. The van der Waals surface area contributed by atoms with Crippen molar-refractivity contribution in [3.05, 3.63) is 0 Å². The maximum Gasteiger partial charge on any atom is 0.323 e. The van der Waals surface area contributed by atoms with Crippen LogP contribution in [-0.2, 0) is 36.1 Å². The summed E-state index contributed by atoms with van der Waals surface area (Å²) >= 11 is 0. The molecule has 0 aliphatic rings. The van der Waals surface area contributed by atoms with E-state index in [-0.39, 0.29) is 0 Å². The van der Waals surface area contributed by atoms with Crippen molar-refractivity contribution in [3.63, 3.8) is 0 Å². The molecule has 0 aromatic carbocycles. The zero-order valence-electron chi connectivity index (χ0n) is 27.6. The van der Waals surface area contributed by atoms with E-state index in [1.54, 1.807) is 0 Å². The summed E-state index contributed by atoms with van der Waals surface area (Å²) in [7, 11) is -13.7. The summed E-state index contributed by atoms with van der Waals surface area (Å²) in [6.45, 7) is 36.2. The molecular formula is C24H58O8Si6. The molecule has 0 saturated heterocycles. The topological polar surface area (TPSA) is 89.5 Å². The zero-order valence-corrected chi connectivity index (χ0v) is 33.6. The van der Waals surface area contributed by atoms with Gasteiger partial charge in [0.15, 0.2) is 45.5 Å². The van der Waals surface area contributed by atoms with E-state index < -0.39 is 86.3 Å². The van der Waals surface area contributed by atoms with Gasteiger partial charge in [-0.25, -0.2) is 0 Å². The Kier molecular flexibility index (Phi) is 13.4. The molecule has 0 rings (SSSR count). The summed E-state index contributed by atoms with van der Waals surface area (Å²) in [5.74, 6) is -0.936. The third kappa shape index (κ3) is 17.7. The Morgan fingerprint density at radius 3 is 0.737 bits per heavy atom. The fraction of sp³-hybridized carbons (Fsp3) is 0.917. The van der Waals surface area contributed by atoms with Gasteiger partial charge in [-0.15, -0.1) is 0 Å². The van der Waals surface area contributed by atoms with Crippen molar-refractivity contribution in [3.8, 4) is 0 Å². The van der Waals surface area contributed by atoms with E-state index in [1.807, 2.05) is 78.6 Å². The van der Waals surface area contributed by atoms with Crippen molar-refractivity contribution in [1.29, 1.82) is 0 Å². The quantitative estimate of drug-likeness (QED) is 0.184. The van der Waals surface area contributed by atoms with Crippen molar-refractivity contribution < 1.29 is 36.1 Å². The van der Waals surface area contributed by atoms with E-state index in [1.165, 1.54) is 0 Å². The molecule has 14 heteroatoms. The Hall–Kier alpha value is 0.0813. The van der Waals surface area contributed by atoms with Gasteiger partial charge in [-0.05, 0) is 118 Å². The first-order chi connectivity index (χ1) is 16.4. The van der Waals surface area contributed by atoms with E-state index in [9.17, 15) is 9.59 Å². The first-order valence-corrected chi connectivity index (χ1v) is 34.0. The van der Waals surface area contributed by atoms with Crippen molar-refractivity contribution in [2.24, 2.45) is 0 Å². The fourth-order valence-electron chi connectivity index (χ4n) is 3.40. The molecule has 226 valence electrons. The Morgan fingerprint density at radius 2 is 0.579 bits per heavy atom. The van der Waals surface area contributed by atoms with Crippen LogP contribution in [0, 0.1) is 0 Å². The number of rotatable bonds is 15. The lowest BCUT2D eigenvalue weighted by atomic mass is 10.0. The van der Waals surface area contributed by atoms with Crippen molar-refractivity contribution in [1.82, 2.24) is 0 Å². The normalized spacial score (nSPS) is 17.4. The van der Waals surface area contributed by atoms with Crippen LogP contribution >= 0.6 is 0 Å². The predicted octanol–water partition coefficient (Wildman–Crippen LogP) is 6.62. The second-order valence-corrected chi connectivity index (χ2v) is 42.5. The summed E-state index contributed by atoms with van der Waals surface area (Å²) in [5.41, 5.74) is 0. The predicted molar refractivity (Wildman–Crippen MR) is 172 cm³/mol. The van der Waals surface area contributed by atoms with E-state index >= 15 is 0 Å². The Bertz CT molecular complexity index is 717. The van der Waals surface area contributed by atoms with E-state index in [0.29, 0.717) is 0 Å². The third-order valence-corrected chi connectivity index (χ3v) is 9.65. The molecule has 0 bridgehead atoms. The van der Waals surface area contributed by atoms with Gasteiger partial charge in [0, 0.05) is 0 Å². The molecule has 0 fully saturated rings. The van der Waals surface area contributed by atoms with Gasteiger partial charge >= 0.3 is 11.9 Å². The van der Waals surface area contributed by atoms with Crippen LogP contribution in [0.1, 0.15) is 0 Å². The second-order valence-electron chi connectivity index (χ2n) is 15.8. The summed E-state index contributed by atoms with van der Waals surface area (Å²) in [6, 6.07) is 0. The molecule has 0 spiro atoms. The van der Waals surface area contributed by atoms with Crippen molar-refractivity contribution in [2.75, 3.05) is 0 Å². The molecule has 0 amide bonds. The number of carbonyl (C=O) groups excluding carboxylic acids is 2. The SMILES string of the molecule is C[Si](C)(C)OC(=O)[C@@H](O[Si](C)(C)C)[C@H](O[Si](C)(C)C)[C@@H](O[Si](C)(C)C)[C@@H](O[Si](C)(C)C)C(=O)O[Si](C)(C)C. The molecule has 0 N–H and O–H groups in total. The lowest BCUT2D eigenvalue weighted by molar-refractivity contribution is -0.164. The Balaban J connectivity index is 7.27. The lowest BCUT2D eigenvalue weighted by Crippen LogP contribution is -2.62. The largest absolute Gasteiger partial charge is 0.518 e. The second kappa shape index (κ2) is 13.4. The molecule has 0 radical (unpaired) electrons. The molecule has 8 nitrogen and oxygen atoms in total. The number of carbonyl (C=O) groups is 2. The van der Waals surface area contributed by atoms with Gasteiger partial charge in [-0.3, -0.25) is 9.59 Å². The molecule has 0 aliphatic carbocycles. The summed E-state index contributed by atoms with van der Waals surface area (Å²) in [4.78, 5) is 27.6. The molecule has 0 saturated carbocycles. The van der Waals surface area contributed by atoms with Gasteiger partial charge < -0.3 is 26.6 Å². The average Bonchev–Trinajstić information content (AvgIpc) is 2.54. The smallest absolute Gasteiger partial charge is 0.323 e. The van der Waals surface area contributed by atoms with Crippen LogP contribution in [0.2, 0.25) is 118 Å². The summed E-state index contributed by atoms with van der Waals surface area (Å²) < 4.78 is 38.6. The van der Waals surface area contributed by atoms with E-state index in [0.717, 1.165) is 0 Å². The summed E-state index contributed by atoms with van der Waals surface area (Å²) in [6.07, 6.45) is -3.93. The van der Waals surface area contributed by atoms with Crippen molar-refractivity contribution in [2.45, 2.75) is 142 Å². The highest BCUT2D eigenvalue weighted by atomic mass is 28.4. The van der Waals surface area contributed by atoms with Gasteiger partial charge in [-0.2, -0.15) is 0 Å². The standard InChI is InChI=1S/C24H58O8Si6/c1-33(2,3)27-19(21(29-35(7,8)9)23(25)31-37(13,14)15)20(28-34(4,5)6)22(30-36(10,11)12)24(26)32-38(16,17)18/h19-22H,1-18H3/t19-,20-,21-,22+/m1/s1. The maximum absolute atomic E-state index is 13.8. The molecule has 0 heterocycles. The minimum absolute atomic E-state index is 0.468. The van der Waals surface area contributed by atoms with Crippen LogP contribution in [0.25, 0.3) is 0 Å². The van der Waals surface area contributed by atoms with Gasteiger partial charge in [-0.1, -0.05) is 0 Å². The lowest BCUT2D eigenvalue weighted by Gasteiger charge is -2.44. The maximum atomic E-state index is 13.8. The third-order valence-electron chi connectivity index (χ3n) is 4.14. The highest BCUT2D eigenvalue weighted by Crippen LogP contribution is 2.30. The monoisotopic (exact) mass is 642 g/mol. The van der Waals surface area contributed by atoms with Crippen LogP contribution < -0.4 is 0 Å². The van der Waals surface area contributed by atoms with Crippen LogP contribution in [-0.4, -0.2) is 86.3 Å². The average molecular weight is 643 g/mol. The first kappa shape index (κ1) is 38.1. The zero-order chi connectivity index (χ0) is 30.7. The minimum Gasteiger partial charge on any atom is -0.518 e. The van der Waals surface area contributed by atoms with Crippen molar-refractivity contribution >= 4 is 61.8 Å². The van der Waals surface area contributed by atoms with E-state index in [2.05, 4.69) is 39.3 Å². The Labute approximate surface area is 239 Å². The van der Waals surface area contributed by atoms with Gasteiger partial charge in [0.1, 0.15) is 12.2 Å². The van der Waals surface area contributed by atoms with Crippen LogP contribution in [0.4, 0.5) is 0 Å². The Morgan fingerprint density at radius 1 is 0.368 bits per heavy atom. The minimum atomic E-state index is -2.30. The van der Waals surface area contributed by atoms with Gasteiger partial charge in [0.25, 0.3) is 0 Å². The highest BCUT2D eigenvalue weighted by molar-refractivity contribution is 6.73. The fourth-order valence-corrected chi connectivity index (χ4v) is 8.97. The molecule has 0 aromatic heterocycles. The molecular weight excluding hydrogens is 585 g/mol.